The number of para-hydroxylation sites is 1. The summed E-state index contributed by atoms with van der Waals surface area (Å²) in [5.41, 5.74) is 1.06. The van der Waals surface area contributed by atoms with Crippen molar-refractivity contribution in [3.63, 3.8) is 0 Å². The Morgan fingerprint density at radius 1 is 1.17 bits per heavy atom. The van der Waals surface area contributed by atoms with Gasteiger partial charge < -0.3 is 10.1 Å². The van der Waals surface area contributed by atoms with Crippen molar-refractivity contribution < 1.29 is 14.3 Å². The van der Waals surface area contributed by atoms with Crippen LogP contribution in [0.2, 0.25) is 5.02 Å². The van der Waals surface area contributed by atoms with Gasteiger partial charge in [-0.05, 0) is 43.2 Å². The van der Waals surface area contributed by atoms with Crippen LogP contribution in [0.25, 0.3) is 10.9 Å². The molecule has 3 aromatic rings. The van der Waals surface area contributed by atoms with Crippen molar-refractivity contribution in [2.45, 2.75) is 31.7 Å². The Balaban J connectivity index is 1.37. The van der Waals surface area contributed by atoms with Gasteiger partial charge in [-0.15, -0.1) is 0 Å². The van der Waals surface area contributed by atoms with Gasteiger partial charge >= 0.3 is 5.97 Å². The van der Waals surface area contributed by atoms with Crippen molar-refractivity contribution >= 4 is 40.1 Å². The number of amides is 1. The minimum absolute atomic E-state index is 0.0297. The fourth-order valence-corrected chi connectivity index (χ4v) is 3.46. The van der Waals surface area contributed by atoms with E-state index in [-0.39, 0.29) is 24.4 Å². The monoisotopic (exact) mass is 425 g/mol. The summed E-state index contributed by atoms with van der Waals surface area (Å²) in [5.74, 6) is -0.410. The van der Waals surface area contributed by atoms with Crippen LogP contribution in [0.3, 0.4) is 0 Å². The molecule has 1 aliphatic rings. The van der Waals surface area contributed by atoms with Crippen molar-refractivity contribution in [1.82, 2.24) is 9.55 Å². The lowest BCUT2D eigenvalue weighted by Gasteiger charge is -2.12. The highest BCUT2D eigenvalue weighted by Gasteiger charge is 2.28. The highest BCUT2D eigenvalue weighted by molar-refractivity contribution is 6.30. The van der Waals surface area contributed by atoms with Gasteiger partial charge in [0.25, 0.3) is 11.5 Å². The van der Waals surface area contributed by atoms with Crippen LogP contribution in [0.1, 0.15) is 31.1 Å². The molecule has 1 fully saturated rings. The fourth-order valence-electron chi connectivity index (χ4n) is 3.27. The minimum Gasteiger partial charge on any atom is -0.456 e. The van der Waals surface area contributed by atoms with E-state index < -0.39 is 18.5 Å². The molecule has 0 bridgehead atoms. The van der Waals surface area contributed by atoms with E-state index in [0.29, 0.717) is 27.4 Å². The molecule has 1 N–H and O–H groups in total. The lowest BCUT2D eigenvalue weighted by molar-refractivity contribution is -0.147. The van der Waals surface area contributed by atoms with E-state index in [1.165, 1.54) is 0 Å². The van der Waals surface area contributed by atoms with Gasteiger partial charge in [0.15, 0.2) is 6.61 Å². The van der Waals surface area contributed by atoms with Crippen LogP contribution in [0.4, 0.5) is 5.69 Å². The quantitative estimate of drug-likeness (QED) is 0.585. The molecule has 1 amide bonds. The van der Waals surface area contributed by atoms with Crippen LogP contribution in [0, 0.1) is 0 Å². The van der Waals surface area contributed by atoms with Gasteiger partial charge in [0, 0.05) is 23.2 Å². The van der Waals surface area contributed by atoms with E-state index in [2.05, 4.69) is 10.3 Å². The van der Waals surface area contributed by atoms with Crippen molar-refractivity contribution in [3.05, 3.63) is 69.7 Å². The molecule has 0 atom stereocenters. The third kappa shape index (κ3) is 4.68. The smallest absolute Gasteiger partial charge is 0.306 e. The van der Waals surface area contributed by atoms with Crippen LogP contribution in [0.15, 0.2) is 53.3 Å². The average Bonchev–Trinajstić information content (AvgIpc) is 3.56. The molecule has 0 saturated heterocycles. The number of hydrogen-bond acceptors (Lipinski definition) is 5. The van der Waals surface area contributed by atoms with E-state index in [1.54, 1.807) is 41.0 Å². The normalized spacial score (nSPS) is 13.2. The molecule has 30 heavy (non-hydrogen) atoms. The predicted molar refractivity (Wildman–Crippen MR) is 114 cm³/mol. The first-order valence-electron chi connectivity index (χ1n) is 9.72. The maximum absolute atomic E-state index is 12.8. The molecule has 2 aromatic carbocycles. The summed E-state index contributed by atoms with van der Waals surface area (Å²) in [6.07, 6.45) is 2.16. The molecule has 0 spiro atoms. The molecule has 1 aromatic heterocycles. The third-order valence-electron chi connectivity index (χ3n) is 4.82. The number of ether oxygens (including phenoxy) is 1. The number of hydrogen-bond donors (Lipinski definition) is 1. The number of aromatic nitrogens is 2. The van der Waals surface area contributed by atoms with Crippen LogP contribution < -0.4 is 10.9 Å². The first-order chi connectivity index (χ1) is 14.5. The molecule has 4 rings (SSSR count). The van der Waals surface area contributed by atoms with E-state index in [0.717, 1.165) is 12.8 Å². The van der Waals surface area contributed by atoms with E-state index >= 15 is 0 Å². The number of carbonyl (C=O) groups excluding carboxylic acids is 2. The number of nitrogens with one attached hydrogen (secondary N) is 1. The first-order valence-corrected chi connectivity index (χ1v) is 10.1. The van der Waals surface area contributed by atoms with Crippen molar-refractivity contribution in [2.24, 2.45) is 0 Å². The Morgan fingerprint density at radius 2 is 1.97 bits per heavy atom. The molecular weight excluding hydrogens is 406 g/mol. The predicted octanol–water partition coefficient (Wildman–Crippen LogP) is 3.50. The Hall–Kier alpha value is -3.19. The number of fused-ring (bicyclic) bond motifs is 1. The maximum Gasteiger partial charge on any atom is 0.306 e. The van der Waals surface area contributed by atoms with E-state index in [9.17, 15) is 14.4 Å². The van der Waals surface area contributed by atoms with Gasteiger partial charge in [-0.3, -0.25) is 19.0 Å². The zero-order valence-corrected chi connectivity index (χ0v) is 16.9. The number of carbonyl (C=O) groups is 2. The SMILES string of the molecule is O=C(COC(=O)CCc1nc2ccccc2c(=O)n1C1CC1)Nc1cccc(Cl)c1. The lowest BCUT2D eigenvalue weighted by Crippen LogP contribution is -2.25. The van der Waals surface area contributed by atoms with Gasteiger partial charge in [-0.25, -0.2) is 4.98 Å². The number of benzene rings is 2. The van der Waals surface area contributed by atoms with Gasteiger partial charge in [0.05, 0.1) is 17.3 Å². The second kappa shape index (κ2) is 8.67. The molecule has 7 nitrogen and oxygen atoms in total. The largest absolute Gasteiger partial charge is 0.456 e. The summed E-state index contributed by atoms with van der Waals surface area (Å²) < 4.78 is 6.76. The van der Waals surface area contributed by atoms with Crippen LogP contribution in [-0.2, 0) is 20.7 Å². The summed E-state index contributed by atoms with van der Waals surface area (Å²) in [4.78, 5) is 41.5. The van der Waals surface area contributed by atoms with E-state index in [4.69, 9.17) is 16.3 Å². The topological polar surface area (TPSA) is 90.3 Å². The zero-order chi connectivity index (χ0) is 21.1. The molecule has 1 saturated carbocycles. The third-order valence-corrected chi connectivity index (χ3v) is 5.05. The number of esters is 1. The maximum atomic E-state index is 12.8. The number of nitrogens with zero attached hydrogens (tertiary/aromatic N) is 2. The highest BCUT2D eigenvalue weighted by Crippen LogP contribution is 2.34. The van der Waals surface area contributed by atoms with E-state index in [1.807, 2.05) is 12.1 Å². The summed E-state index contributed by atoms with van der Waals surface area (Å²) in [5, 5.41) is 3.69. The molecule has 154 valence electrons. The van der Waals surface area contributed by atoms with Crippen molar-refractivity contribution in [1.29, 1.82) is 0 Å². The molecule has 0 radical (unpaired) electrons. The molecule has 1 aliphatic carbocycles. The Morgan fingerprint density at radius 3 is 2.73 bits per heavy atom. The zero-order valence-electron chi connectivity index (χ0n) is 16.1. The minimum atomic E-state index is -0.527. The average molecular weight is 426 g/mol. The molecule has 8 heteroatoms. The lowest BCUT2D eigenvalue weighted by atomic mass is 10.2. The molecule has 1 heterocycles. The van der Waals surface area contributed by atoms with Crippen LogP contribution >= 0.6 is 11.6 Å². The number of aryl methyl sites for hydroxylation is 1. The van der Waals surface area contributed by atoms with Crippen LogP contribution in [0.5, 0.6) is 0 Å². The number of halogens is 1. The highest BCUT2D eigenvalue weighted by atomic mass is 35.5. The standard InChI is InChI=1S/C22H20ClN3O4/c23-14-4-3-5-15(12-14)24-20(27)13-30-21(28)11-10-19-25-18-7-2-1-6-17(18)22(29)26(19)16-8-9-16/h1-7,12,16H,8-11,13H2,(H,24,27). The second-order valence-electron chi connectivity index (χ2n) is 7.17. The Kier molecular flexibility index (Phi) is 5.81. The van der Waals surface area contributed by atoms with Crippen LogP contribution in [-0.4, -0.2) is 28.0 Å². The Labute approximate surface area is 177 Å². The van der Waals surface area contributed by atoms with Gasteiger partial charge in [-0.1, -0.05) is 29.8 Å². The molecular formula is C22H20ClN3O4. The van der Waals surface area contributed by atoms with Gasteiger partial charge in [0.2, 0.25) is 0 Å². The summed E-state index contributed by atoms with van der Waals surface area (Å²) >= 11 is 5.88. The number of anilines is 1. The first kappa shape index (κ1) is 20.1. The molecule has 0 unspecified atom stereocenters. The van der Waals surface area contributed by atoms with Crippen molar-refractivity contribution in [3.8, 4) is 0 Å². The Bertz CT molecular complexity index is 1170. The van der Waals surface area contributed by atoms with Gasteiger partial charge in [0.1, 0.15) is 5.82 Å². The number of rotatable bonds is 7. The fraction of sp³-hybridized carbons (Fsp3) is 0.273. The second-order valence-corrected chi connectivity index (χ2v) is 7.61. The summed E-state index contributed by atoms with van der Waals surface area (Å²) in [6, 6.07) is 14.0. The van der Waals surface area contributed by atoms with Gasteiger partial charge in [-0.2, -0.15) is 0 Å². The summed E-state index contributed by atoms with van der Waals surface area (Å²) in [6.45, 7) is -0.397. The summed E-state index contributed by atoms with van der Waals surface area (Å²) in [7, 11) is 0. The molecule has 0 aliphatic heterocycles. The van der Waals surface area contributed by atoms with Crippen molar-refractivity contribution in [2.75, 3.05) is 11.9 Å².